The second-order valence-electron chi connectivity index (χ2n) is 2.51. The molecule has 0 N–H and O–H groups in total. The van der Waals surface area contributed by atoms with Gasteiger partial charge >= 0.3 is 0 Å². The molecule has 2 nitrogen and oxygen atoms in total. The zero-order valence-electron chi connectivity index (χ0n) is 6.51. The van der Waals surface area contributed by atoms with Crippen molar-refractivity contribution in [2.75, 3.05) is 13.1 Å². The van der Waals surface area contributed by atoms with E-state index in [0.717, 1.165) is 18.9 Å². The number of amidine groups is 1. The highest BCUT2D eigenvalue weighted by Gasteiger charge is 2.04. The molecule has 1 aliphatic heterocycles. The molecule has 0 saturated heterocycles. The van der Waals surface area contributed by atoms with Crippen LogP contribution in [0.4, 0.5) is 0 Å². The second kappa shape index (κ2) is 3.40. The normalized spacial score (nSPS) is 19.7. The molecule has 1 aliphatic rings. The Morgan fingerprint density at radius 3 is 3.10 bits per heavy atom. The minimum absolute atomic E-state index is 0.982. The summed E-state index contributed by atoms with van der Waals surface area (Å²) in [6.07, 6.45) is 4.29. The van der Waals surface area contributed by atoms with Crippen LogP contribution in [0.25, 0.3) is 0 Å². The summed E-state index contributed by atoms with van der Waals surface area (Å²) in [5, 5.41) is 0. The first kappa shape index (κ1) is 7.32. The SMILES string of the molecule is C=CN1CCCCN=C1C. The number of hydrogen-bond donors (Lipinski definition) is 0. The van der Waals surface area contributed by atoms with E-state index in [1.165, 1.54) is 12.8 Å². The molecule has 0 aliphatic carbocycles. The molecule has 1 heterocycles. The third-order valence-electron chi connectivity index (χ3n) is 1.78. The first-order valence-electron chi connectivity index (χ1n) is 3.75. The summed E-state index contributed by atoms with van der Waals surface area (Å²) >= 11 is 0. The van der Waals surface area contributed by atoms with Crippen molar-refractivity contribution in [2.45, 2.75) is 19.8 Å². The van der Waals surface area contributed by atoms with Crippen LogP contribution in [0, 0.1) is 0 Å². The van der Waals surface area contributed by atoms with Crippen LogP contribution in [0.2, 0.25) is 0 Å². The predicted molar refractivity (Wildman–Crippen MR) is 44.1 cm³/mol. The fourth-order valence-corrected chi connectivity index (χ4v) is 1.11. The molecule has 10 heavy (non-hydrogen) atoms. The van der Waals surface area contributed by atoms with Crippen molar-refractivity contribution < 1.29 is 0 Å². The van der Waals surface area contributed by atoms with E-state index in [1.807, 2.05) is 13.1 Å². The van der Waals surface area contributed by atoms with Crippen molar-refractivity contribution in [3.8, 4) is 0 Å². The van der Waals surface area contributed by atoms with E-state index in [0.29, 0.717) is 0 Å². The van der Waals surface area contributed by atoms with E-state index in [-0.39, 0.29) is 0 Å². The Morgan fingerprint density at radius 1 is 1.60 bits per heavy atom. The number of hydrogen-bond acceptors (Lipinski definition) is 2. The van der Waals surface area contributed by atoms with Crippen LogP contribution in [0.1, 0.15) is 19.8 Å². The zero-order chi connectivity index (χ0) is 7.40. The molecule has 0 bridgehead atoms. The number of nitrogens with zero attached hydrogens (tertiary/aromatic N) is 2. The molecule has 0 saturated carbocycles. The third kappa shape index (κ3) is 1.59. The van der Waals surface area contributed by atoms with E-state index >= 15 is 0 Å². The van der Waals surface area contributed by atoms with Crippen LogP contribution in [0.3, 0.4) is 0 Å². The Bertz CT molecular complexity index is 149. The van der Waals surface area contributed by atoms with E-state index in [1.54, 1.807) is 0 Å². The second-order valence-corrected chi connectivity index (χ2v) is 2.51. The maximum atomic E-state index is 4.35. The van der Waals surface area contributed by atoms with Crippen LogP contribution < -0.4 is 0 Å². The molecule has 0 atom stereocenters. The van der Waals surface area contributed by atoms with Crippen molar-refractivity contribution in [2.24, 2.45) is 4.99 Å². The van der Waals surface area contributed by atoms with E-state index < -0.39 is 0 Å². The van der Waals surface area contributed by atoms with Gasteiger partial charge in [0.25, 0.3) is 0 Å². The van der Waals surface area contributed by atoms with E-state index in [2.05, 4.69) is 16.5 Å². The van der Waals surface area contributed by atoms with E-state index in [9.17, 15) is 0 Å². The average Bonchev–Trinajstić information content (AvgIpc) is 2.13. The van der Waals surface area contributed by atoms with Crippen molar-refractivity contribution >= 4 is 5.84 Å². The molecule has 0 fully saturated rings. The lowest BCUT2D eigenvalue weighted by molar-refractivity contribution is 0.540. The van der Waals surface area contributed by atoms with Gasteiger partial charge in [-0.05, 0) is 26.0 Å². The fourth-order valence-electron chi connectivity index (χ4n) is 1.11. The van der Waals surface area contributed by atoms with Crippen LogP contribution in [-0.4, -0.2) is 23.8 Å². The Morgan fingerprint density at radius 2 is 2.40 bits per heavy atom. The largest absolute Gasteiger partial charge is 0.338 e. The molecule has 0 aromatic carbocycles. The Balaban J connectivity index is 2.60. The molecule has 0 amide bonds. The maximum Gasteiger partial charge on any atom is 0.0996 e. The van der Waals surface area contributed by atoms with Gasteiger partial charge in [0, 0.05) is 13.1 Å². The predicted octanol–water partition coefficient (Wildman–Crippen LogP) is 1.64. The quantitative estimate of drug-likeness (QED) is 0.538. The van der Waals surface area contributed by atoms with Gasteiger partial charge in [-0.1, -0.05) is 6.58 Å². The Labute approximate surface area is 62.3 Å². The first-order chi connectivity index (χ1) is 4.84. The average molecular weight is 138 g/mol. The molecular formula is C8H14N2. The maximum absolute atomic E-state index is 4.35. The molecule has 2 heteroatoms. The zero-order valence-corrected chi connectivity index (χ0v) is 6.51. The first-order valence-corrected chi connectivity index (χ1v) is 3.75. The summed E-state index contributed by atoms with van der Waals surface area (Å²) in [5.41, 5.74) is 0. The monoisotopic (exact) mass is 138 g/mol. The van der Waals surface area contributed by atoms with Gasteiger partial charge in [0.1, 0.15) is 0 Å². The molecule has 0 aromatic heterocycles. The van der Waals surface area contributed by atoms with Crippen molar-refractivity contribution in [1.29, 1.82) is 0 Å². The van der Waals surface area contributed by atoms with Gasteiger partial charge < -0.3 is 4.90 Å². The van der Waals surface area contributed by atoms with E-state index in [4.69, 9.17) is 0 Å². The number of aliphatic imine (C=N–C) groups is 1. The highest BCUT2D eigenvalue weighted by molar-refractivity contribution is 5.80. The van der Waals surface area contributed by atoms with Gasteiger partial charge in [0.15, 0.2) is 0 Å². The lowest BCUT2D eigenvalue weighted by Crippen LogP contribution is -2.22. The lowest BCUT2D eigenvalue weighted by Gasteiger charge is -2.15. The Hall–Kier alpha value is -0.790. The summed E-state index contributed by atoms with van der Waals surface area (Å²) in [5.74, 6) is 1.10. The topological polar surface area (TPSA) is 15.6 Å². The summed E-state index contributed by atoms with van der Waals surface area (Å²) in [4.78, 5) is 6.45. The number of rotatable bonds is 1. The van der Waals surface area contributed by atoms with Gasteiger partial charge in [-0.3, -0.25) is 4.99 Å². The summed E-state index contributed by atoms with van der Waals surface area (Å²) in [6, 6.07) is 0. The highest BCUT2D eigenvalue weighted by Crippen LogP contribution is 2.03. The van der Waals surface area contributed by atoms with Crippen molar-refractivity contribution in [3.05, 3.63) is 12.8 Å². The summed E-state index contributed by atoms with van der Waals surface area (Å²) in [6.45, 7) is 7.82. The molecule has 0 unspecified atom stereocenters. The van der Waals surface area contributed by atoms with Gasteiger partial charge in [-0.25, -0.2) is 0 Å². The fraction of sp³-hybridized carbons (Fsp3) is 0.625. The van der Waals surface area contributed by atoms with Crippen LogP contribution in [0.5, 0.6) is 0 Å². The Kier molecular flexibility index (Phi) is 2.49. The van der Waals surface area contributed by atoms with Crippen molar-refractivity contribution in [1.82, 2.24) is 4.90 Å². The highest BCUT2D eigenvalue weighted by atomic mass is 15.2. The van der Waals surface area contributed by atoms with Gasteiger partial charge in [0.05, 0.1) is 5.84 Å². The lowest BCUT2D eigenvalue weighted by atomic mass is 10.3. The molecule has 0 radical (unpaired) electrons. The third-order valence-corrected chi connectivity index (χ3v) is 1.78. The van der Waals surface area contributed by atoms with Gasteiger partial charge in [-0.2, -0.15) is 0 Å². The smallest absolute Gasteiger partial charge is 0.0996 e. The van der Waals surface area contributed by atoms with Gasteiger partial charge in [0.2, 0.25) is 0 Å². The minimum atomic E-state index is 0.982. The van der Waals surface area contributed by atoms with Crippen molar-refractivity contribution in [3.63, 3.8) is 0 Å². The summed E-state index contributed by atoms with van der Waals surface area (Å²) in [7, 11) is 0. The molecule has 0 aromatic rings. The molecule has 56 valence electrons. The van der Waals surface area contributed by atoms with Crippen LogP contribution in [-0.2, 0) is 0 Å². The molecular weight excluding hydrogens is 124 g/mol. The minimum Gasteiger partial charge on any atom is -0.338 e. The summed E-state index contributed by atoms with van der Waals surface area (Å²) < 4.78 is 0. The van der Waals surface area contributed by atoms with Crippen LogP contribution >= 0.6 is 0 Å². The standard InChI is InChI=1S/C8H14N2/c1-3-10-7-5-4-6-9-8(10)2/h3H,1,4-7H2,2H3. The van der Waals surface area contributed by atoms with Crippen LogP contribution in [0.15, 0.2) is 17.8 Å². The van der Waals surface area contributed by atoms with Gasteiger partial charge in [-0.15, -0.1) is 0 Å². The molecule has 1 rings (SSSR count). The molecule has 0 spiro atoms.